The first-order valence-electron chi connectivity index (χ1n) is 5.14. The smallest absolute Gasteiger partial charge is 0.150 e. The zero-order valence-corrected chi connectivity index (χ0v) is 10.6. The van der Waals surface area contributed by atoms with Crippen LogP contribution < -0.4 is 5.32 Å². The van der Waals surface area contributed by atoms with Crippen molar-refractivity contribution in [3.63, 3.8) is 0 Å². The summed E-state index contributed by atoms with van der Waals surface area (Å²) in [6.07, 6.45) is 1.65. The lowest BCUT2D eigenvalue weighted by Crippen LogP contribution is -2.17. The van der Waals surface area contributed by atoms with Crippen LogP contribution in [0.4, 0.5) is 0 Å². The average molecular weight is 281 g/mol. The van der Waals surface area contributed by atoms with E-state index in [9.17, 15) is 0 Å². The summed E-state index contributed by atoms with van der Waals surface area (Å²) in [5.74, 6) is 0.849. The molecule has 0 aliphatic rings. The summed E-state index contributed by atoms with van der Waals surface area (Å²) in [5.41, 5.74) is 1.24. The zero-order chi connectivity index (χ0) is 11.4. The third-order valence-corrected chi connectivity index (χ3v) is 2.92. The molecule has 0 amide bonds. The summed E-state index contributed by atoms with van der Waals surface area (Å²) in [4.78, 5) is 0. The van der Waals surface area contributed by atoms with E-state index in [1.54, 1.807) is 6.20 Å². The van der Waals surface area contributed by atoms with E-state index in [1.165, 1.54) is 5.56 Å². The third-order valence-electron chi connectivity index (χ3n) is 2.42. The zero-order valence-electron chi connectivity index (χ0n) is 8.98. The van der Waals surface area contributed by atoms with Crippen molar-refractivity contribution in [2.24, 2.45) is 0 Å². The summed E-state index contributed by atoms with van der Waals surface area (Å²) < 4.78 is 6.12. The molecule has 84 valence electrons. The van der Waals surface area contributed by atoms with Crippen LogP contribution in [0.2, 0.25) is 0 Å². The highest BCUT2D eigenvalue weighted by Crippen LogP contribution is 2.18. The van der Waals surface area contributed by atoms with Crippen LogP contribution in [-0.2, 0) is 6.54 Å². The van der Waals surface area contributed by atoms with Gasteiger partial charge in [-0.1, -0.05) is 33.2 Å². The maximum absolute atomic E-state index is 5.02. The summed E-state index contributed by atoms with van der Waals surface area (Å²) in [7, 11) is 0. The Labute approximate surface area is 103 Å². The fourth-order valence-electron chi connectivity index (χ4n) is 1.48. The first kappa shape index (κ1) is 11.4. The van der Waals surface area contributed by atoms with Gasteiger partial charge in [0.15, 0.2) is 0 Å². The van der Waals surface area contributed by atoms with E-state index < -0.39 is 0 Å². The van der Waals surface area contributed by atoms with E-state index in [-0.39, 0.29) is 6.04 Å². The quantitative estimate of drug-likeness (QED) is 0.934. The highest BCUT2D eigenvalue weighted by atomic mass is 79.9. The van der Waals surface area contributed by atoms with E-state index in [4.69, 9.17) is 4.52 Å². The predicted molar refractivity (Wildman–Crippen MR) is 65.9 cm³/mol. The van der Waals surface area contributed by atoms with E-state index in [0.29, 0.717) is 6.54 Å². The summed E-state index contributed by atoms with van der Waals surface area (Å²) in [6.45, 7) is 2.81. The average Bonchev–Trinajstić information content (AvgIpc) is 2.78. The lowest BCUT2D eigenvalue weighted by atomic mass is 10.1. The van der Waals surface area contributed by atoms with Crippen LogP contribution >= 0.6 is 15.9 Å². The first-order valence-corrected chi connectivity index (χ1v) is 5.93. The molecule has 2 aromatic rings. The van der Waals surface area contributed by atoms with Crippen molar-refractivity contribution in [1.29, 1.82) is 0 Å². The molecule has 1 unspecified atom stereocenters. The second-order valence-corrected chi connectivity index (χ2v) is 4.55. The largest absolute Gasteiger partial charge is 0.360 e. The molecule has 1 N–H and O–H groups in total. The highest BCUT2D eigenvalue weighted by Gasteiger charge is 2.06. The van der Waals surface area contributed by atoms with Crippen molar-refractivity contribution >= 4 is 15.9 Å². The van der Waals surface area contributed by atoms with Gasteiger partial charge in [0, 0.05) is 16.6 Å². The van der Waals surface area contributed by atoms with Gasteiger partial charge >= 0.3 is 0 Å². The van der Waals surface area contributed by atoms with Gasteiger partial charge in [-0.25, -0.2) is 0 Å². The van der Waals surface area contributed by atoms with Crippen LogP contribution in [0.15, 0.2) is 45.5 Å². The van der Waals surface area contributed by atoms with Gasteiger partial charge < -0.3 is 9.84 Å². The van der Waals surface area contributed by atoms with Gasteiger partial charge in [0.05, 0.1) is 12.7 Å². The summed E-state index contributed by atoms with van der Waals surface area (Å²) in [6, 6.07) is 10.4. The van der Waals surface area contributed by atoms with Crippen LogP contribution in [0.1, 0.15) is 24.3 Å². The first-order chi connectivity index (χ1) is 7.75. The second-order valence-electron chi connectivity index (χ2n) is 3.64. The molecule has 1 heterocycles. The normalized spacial score (nSPS) is 12.6. The van der Waals surface area contributed by atoms with Crippen LogP contribution in [0, 0.1) is 0 Å². The number of halogens is 1. The summed E-state index contributed by atoms with van der Waals surface area (Å²) >= 11 is 3.46. The van der Waals surface area contributed by atoms with E-state index in [1.807, 2.05) is 18.2 Å². The van der Waals surface area contributed by atoms with Crippen molar-refractivity contribution in [3.05, 3.63) is 52.3 Å². The Morgan fingerprint density at radius 2 is 2.31 bits per heavy atom. The molecule has 4 heteroatoms. The third kappa shape index (κ3) is 2.93. The van der Waals surface area contributed by atoms with Crippen LogP contribution in [0.3, 0.4) is 0 Å². The van der Waals surface area contributed by atoms with Crippen molar-refractivity contribution < 1.29 is 4.52 Å². The van der Waals surface area contributed by atoms with Gasteiger partial charge in [-0.2, -0.15) is 0 Å². The molecule has 1 atom stereocenters. The molecule has 0 bridgehead atoms. The van der Waals surface area contributed by atoms with Crippen molar-refractivity contribution in [3.8, 4) is 0 Å². The number of nitrogens with one attached hydrogen (secondary N) is 1. The Balaban J connectivity index is 1.95. The fourth-order valence-corrected chi connectivity index (χ4v) is 1.90. The van der Waals surface area contributed by atoms with E-state index in [2.05, 4.69) is 45.5 Å². The monoisotopic (exact) mass is 280 g/mol. The molecule has 0 aliphatic carbocycles. The van der Waals surface area contributed by atoms with Crippen LogP contribution in [0.5, 0.6) is 0 Å². The molecule has 1 aromatic carbocycles. The lowest BCUT2D eigenvalue weighted by Gasteiger charge is -2.13. The molecule has 0 saturated carbocycles. The van der Waals surface area contributed by atoms with Crippen molar-refractivity contribution in [2.45, 2.75) is 19.5 Å². The Hall–Kier alpha value is -1.13. The Morgan fingerprint density at radius 1 is 1.44 bits per heavy atom. The number of aromatic nitrogens is 1. The van der Waals surface area contributed by atoms with Crippen molar-refractivity contribution in [1.82, 2.24) is 10.5 Å². The molecule has 16 heavy (non-hydrogen) atoms. The van der Waals surface area contributed by atoms with Gasteiger partial charge in [-0.15, -0.1) is 0 Å². The standard InChI is InChI=1S/C12H13BrN2O/c1-9(10-3-2-4-11(13)7-10)14-8-12-5-6-15-16-12/h2-7,9,14H,8H2,1H3. The highest BCUT2D eigenvalue weighted by molar-refractivity contribution is 9.10. The van der Waals surface area contributed by atoms with Crippen LogP contribution in [-0.4, -0.2) is 5.16 Å². The van der Waals surface area contributed by atoms with Crippen LogP contribution in [0.25, 0.3) is 0 Å². The number of hydrogen-bond donors (Lipinski definition) is 1. The van der Waals surface area contributed by atoms with Gasteiger partial charge in [-0.05, 0) is 24.6 Å². The Morgan fingerprint density at radius 3 is 3.00 bits per heavy atom. The molecule has 0 fully saturated rings. The topological polar surface area (TPSA) is 38.1 Å². The number of hydrogen-bond acceptors (Lipinski definition) is 3. The maximum Gasteiger partial charge on any atom is 0.150 e. The predicted octanol–water partition coefficient (Wildman–Crippen LogP) is 3.29. The number of nitrogens with zero attached hydrogens (tertiary/aromatic N) is 1. The minimum absolute atomic E-state index is 0.280. The molecule has 1 aromatic heterocycles. The summed E-state index contributed by atoms with van der Waals surface area (Å²) in [5, 5.41) is 7.04. The fraction of sp³-hybridized carbons (Fsp3) is 0.250. The Kier molecular flexibility index (Phi) is 3.74. The molecule has 0 radical (unpaired) electrons. The van der Waals surface area contributed by atoms with Gasteiger partial charge in [-0.3, -0.25) is 0 Å². The minimum atomic E-state index is 0.280. The molecule has 0 saturated heterocycles. The van der Waals surface area contributed by atoms with E-state index in [0.717, 1.165) is 10.2 Å². The molecular formula is C12H13BrN2O. The Bertz CT molecular complexity index is 442. The minimum Gasteiger partial charge on any atom is -0.360 e. The molecule has 2 rings (SSSR count). The molecule has 0 aliphatic heterocycles. The van der Waals surface area contributed by atoms with Gasteiger partial charge in [0.2, 0.25) is 0 Å². The lowest BCUT2D eigenvalue weighted by molar-refractivity contribution is 0.366. The SMILES string of the molecule is CC(NCc1ccno1)c1cccc(Br)c1. The maximum atomic E-state index is 5.02. The van der Waals surface area contributed by atoms with Crippen molar-refractivity contribution in [2.75, 3.05) is 0 Å². The number of rotatable bonds is 4. The van der Waals surface area contributed by atoms with E-state index >= 15 is 0 Å². The van der Waals surface area contributed by atoms with Gasteiger partial charge in [0.1, 0.15) is 5.76 Å². The molecule has 0 spiro atoms. The second kappa shape index (κ2) is 5.27. The molecular weight excluding hydrogens is 268 g/mol. The molecule has 3 nitrogen and oxygen atoms in total. The van der Waals surface area contributed by atoms with Gasteiger partial charge in [0.25, 0.3) is 0 Å². The number of benzene rings is 1.